The lowest BCUT2D eigenvalue weighted by Gasteiger charge is -2.32. The summed E-state index contributed by atoms with van der Waals surface area (Å²) in [7, 11) is 5.16. The Morgan fingerprint density at radius 3 is 2.27 bits per heavy atom. The molecule has 41 heavy (non-hydrogen) atoms. The lowest BCUT2D eigenvalue weighted by atomic mass is 9.99. The number of nitrogens with zero attached hydrogens (tertiary/aromatic N) is 4. The third-order valence-electron chi connectivity index (χ3n) is 7.38. The smallest absolute Gasteiger partial charge is 0.337 e. The Kier molecular flexibility index (Phi) is 8.04. The van der Waals surface area contributed by atoms with Crippen LogP contribution < -0.4 is 4.90 Å². The summed E-state index contributed by atoms with van der Waals surface area (Å²) < 4.78 is 4.88. The van der Waals surface area contributed by atoms with Crippen LogP contribution in [0.4, 0.5) is 11.4 Å². The predicted octanol–water partition coefficient (Wildman–Crippen LogP) is 3.75. The highest BCUT2D eigenvalue weighted by Gasteiger charge is 2.22. The number of piperazine rings is 1. The highest BCUT2D eigenvalue weighted by atomic mass is 16.5. The molecule has 1 aliphatic rings. The molecule has 3 aromatic carbocycles. The number of likely N-dealkylation sites (N-methyl/N-ethyl adjacent to an activating group) is 2. The van der Waals surface area contributed by atoms with Gasteiger partial charge in [-0.2, -0.15) is 0 Å². The summed E-state index contributed by atoms with van der Waals surface area (Å²) in [6.45, 7) is 3.99. The molecule has 3 N–H and O–H groups in total. The van der Waals surface area contributed by atoms with E-state index in [1.807, 2.05) is 12.1 Å². The molecule has 0 spiro atoms. The van der Waals surface area contributed by atoms with Gasteiger partial charge in [0.2, 0.25) is 5.91 Å². The summed E-state index contributed by atoms with van der Waals surface area (Å²) in [4.78, 5) is 39.1. The number of hydrogen-bond acceptors (Lipinski definition) is 8. The van der Waals surface area contributed by atoms with Gasteiger partial charge in [-0.25, -0.2) is 9.79 Å². The van der Waals surface area contributed by atoms with Gasteiger partial charge < -0.3 is 29.7 Å². The molecule has 212 valence electrons. The van der Waals surface area contributed by atoms with Crippen molar-refractivity contribution in [1.82, 2.24) is 14.8 Å². The minimum absolute atomic E-state index is 0.0145. The molecule has 2 heterocycles. The van der Waals surface area contributed by atoms with Crippen LogP contribution in [-0.4, -0.2) is 96.5 Å². The average Bonchev–Trinajstić information content (AvgIpc) is 3.31. The van der Waals surface area contributed by atoms with Crippen LogP contribution in [0.15, 0.2) is 71.7 Å². The highest BCUT2D eigenvalue weighted by molar-refractivity contribution is 6.22. The van der Waals surface area contributed by atoms with E-state index in [2.05, 4.69) is 21.8 Å². The Hall–Kier alpha value is -4.67. The number of ether oxygens (including phenoxy) is 1. The van der Waals surface area contributed by atoms with Gasteiger partial charge in [0, 0.05) is 55.4 Å². The van der Waals surface area contributed by atoms with Crippen LogP contribution in [0.2, 0.25) is 0 Å². The zero-order valence-corrected chi connectivity index (χ0v) is 23.3. The van der Waals surface area contributed by atoms with Crippen molar-refractivity contribution in [3.8, 4) is 11.6 Å². The molecule has 10 heteroatoms. The van der Waals surface area contributed by atoms with Crippen LogP contribution in [0.5, 0.6) is 11.6 Å². The molecule has 0 atom stereocenters. The first-order valence-electron chi connectivity index (χ1n) is 13.3. The molecule has 1 aliphatic heterocycles. The molecule has 5 rings (SSSR count). The number of anilines is 1. The molecule has 0 aliphatic carbocycles. The van der Waals surface area contributed by atoms with E-state index in [1.54, 1.807) is 66.5 Å². The zero-order chi connectivity index (χ0) is 29.1. The standard InChI is InChI=1S/C31H33N5O5/c1-34-14-16-36(17-15-34)19-27(38)35(2)23-9-7-22(8-10-23)32-29(20-4-11-24(37)12-5-20)28-25-18-21(31(40)41-3)6-13-26(25)33-30(28)39/h4-13,18,33,37,39H,14-17,19H2,1-3H3. The molecule has 1 aromatic heterocycles. The van der Waals surface area contributed by atoms with Crippen LogP contribution in [0.3, 0.4) is 0 Å². The Balaban J connectivity index is 1.48. The van der Waals surface area contributed by atoms with Gasteiger partial charge in [0.05, 0.1) is 36.2 Å². The van der Waals surface area contributed by atoms with Gasteiger partial charge in [-0.1, -0.05) is 0 Å². The molecule has 10 nitrogen and oxygen atoms in total. The van der Waals surface area contributed by atoms with Crippen LogP contribution in [0.25, 0.3) is 10.9 Å². The largest absolute Gasteiger partial charge is 0.508 e. The van der Waals surface area contributed by atoms with E-state index >= 15 is 0 Å². The van der Waals surface area contributed by atoms with E-state index in [0.717, 1.165) is 31.9 Å². The van der Waals surface area contributed by atoms with E-state index in [1.165, 1.54) is 7.11 Å². The maximum atomic E-state index is 12.9. The van der Waals surface area contributed by atoms with Crippen LogP contribution >= 0.6 is 0 Å². The van der Waals surface area contributed by atoms with E-state index < -0.39 is 5.97 Å². The number of rotatable bonds is 7. The minimum atomic E-state index is -0.497. The maximum absolute atomic E-state index is 12.9. The van der Waals surface area contributed by atoms with Gasteiger partial charge in [0.25, 0.3) is 0 Å². The number of aromatic nitrogens is 1. The number of aromatic amines is 1. The number of aromatic hydroxyl groups is 2. The number of esters is 1. The number of aliphatic imine (C=N–C) groups is 1. The van der Waals surface area contributed by atoms with Gasteiger partial charge in [0.1, 0.15) is 5.75 Å². The average molecular weight is 556 g/mol. The normalized spacial score (nSPS) is 14.8. The number of phenols is 1. The Morgan fingerprint density at radius 2 is 1.61 bits per heavy atom. The number of carbonyl (C=O) groups is 2. The number of hydrogen-bond donors (Lipinski definition) is 3. The first-order valence-corrected chi connectivity index (χ1v) is 13.3. The van der Waals surface area contributed by atoms with Crippen LogP contribution in [0, 0.1) is 0 Å². The minimum Gasteiger partial charge on any atom is -0.508 e. The lowest BCUT2D eigenvalue weighted by Crippen LogP contribution is -2.48. The molecule has 4 aromatic rings. The summed E-state index contributed by atoms with van der Waals surface area (Å²) in [5, 5.41) is 21.4. The van der Waals surface area contributed by atoms with Crippen molar-refractivity contribution >= 4 is 39.9 Å². The van der Waals surface area contributed by atoms with Crippen molar-refractivity contribution in [2.45, 2.75) is 0 Å². The van der Waals surface area contributed by atoms with Gasteiger partial charge in [-0.15, -0.1) is 0 Å². The number of methoxy groups -OCH3 is 1. The molecule has 1 saturated heterocycles. The van der Waals surface area contributed by atoms with E-state index in [0.29, 0.717) is 45.5 Å². The van der Waals surface area contributed by atoms with Gasteiger partial charge >= 0.3 is 5.97 Å². The summed E-state index contributed by atoms with van der Waals surface area (Å²) in [6.07, 6.45) is 0. The topological polar surface area (TPSA) is 122 Å². The molecule has 0 bridgehead atoms. The first kappa shape index (κ1) is 27.9. The fraction of sp³-hybridized carbons (Fsp3) is 0.258. The van der Waals surface area contributed by atoms with Gasteiger partial charge in [-0.3, -0.25) is 9.69 Å². The van der Waals surface area contributed by atoms with Crippen molar-refractivity contribution in [2.75, 3.05) is 58.8 Å². The summed E-state index contributed by atoms with van der Waals surface area (Å²) >= 11 is 0. The Labute approximate surface area is 238 Å². The fourth-order valence-electron chi connectivity index (χ4n) is 4.87. The lowest BCUT2D eigenvalue weighted by molar-refractivity contribution is -0.119. The quantitative estimate of drug-likeness (QED) is 0.235. The number of benzene rings is 3. The van der Waals surface area contributed by atoms with Crippen molar-refractivity contribution in [2.24, 2.45) is 4.99 Å². The second kappa shape index (κ2) is 11.8. The van der Waals surface area contributed by atoms with E-state index in [-0.39, 0.29) is 17.5 Å². The Bertz CT molecular complexity index is 1590. The van der Waals surface area contributed by atoms with E-state index in [4.69, 9.17) is 9.73 Å². The molecular formula is C31H33N5O5. The Morgan fingerprint density at radius 1 is 0.951 bits per heavy atom. The van der Waals surface area contributed by atoms with Crippen molar-refractivity contribution in [3.05, 3.63) is 83.4 Å². The zero-order valence-electron chi connectivity index (χ0n) is 23.3. The molecule has 0 unspecified atom stereocenters. The molecule has 0 saturated carbocycles. The third-order valence-corrected chi connectivity index (χ3v) is 7.38. The predicted molar refractivity (Wildman–Crippen MR) is 158 cm³/mol. The number of H-pyrrole nitrogens is 1. The van der Waals surface area contributed by atoms with Crippen LogP contribution in [0.1, 0.15) is 21.5 Å². The number of carbonyl (C=O) groups excluding carboxylic acids is 2. The number of nitrogens with one attached hydrogen (secondary N) is 1. The third kappa shape index (κ3) is 6.08. The second-order valence-electron chi connectivity index (χ2n) is 10.2. The fourth-order valence-corrected chi connectivity index (χ4v) is 4.87. The summed E-state index contributed by atoms with van der Waals surface area (Å²) in [6, 6.07) is 18.7. The van der Waals surface area contributed by atoms with Crippen molar-refractivity contribution in [3.63, 3.8) is 0 Å². The molecule has 1 fully saturated rings. The summed E-state index contributed by atoms with van der Waals surface area (Å²) in [5.41, 5.74) is 3.77. The first-order chi connectivity index (χ1) is 19.7. The number of fused-ring (bicyclic) bond motifs is 1. The molecule has 1 amide bonds. The van der Waals surface area contributed by atoms with Gasteiger partial charge in [-0.05, 0) is 73.8 Å². The van der Waals surface area contributed by atoms with Crippen molar-refractivity contribution in [1.29, 1.82) is 0 Å². The van der Waals surface area contributed by atoms with Crippen LogP contribution in [-0.2, 0) is 9.53 Å². The molecular weight excluding hydrogens is 522 g/mol. The van der Waals surface area contributed by atoms with Gasteiger partial charge in [0.15, 0.2) is 5.88 Å². The summed E-state index contributed by atoms with van der Waals surface area (Å²) in [5.74, 6) is -0.498. The van der Waals surface area contributed by atoms with Crippen molar-refractivity contribution < 1.29 is 24.5 Å². The second-order valence-corrected chi connectivity index (χ2v) is 10.2. The van der Waals surface area contributed by atoms with E-state index in [9.17, 15) is 19.8 Å². The monoisotopic (exact) mass is 555 g/mol. The SMILES string of the molecule is COC(=O)c1ccc2[nH]c(O)c(C(=Nc3ccc(N(C)C(=O)CN4CCN(C)CC4)cc3)c3ccc(O)cc3)c2c1. The number of amides is 1. The molecule has 0 radical (unpaired) electrons. The number of phenolic OH excluding ortho intramolecular Hbond substituents is 1. The maximum Gasteiger partial charge on any atom is 0.337 e. The highest BCUT2D eigenvalue weighted by Crippen LogP contribution is 2.33.